The Hall–Kier alpha value is -2.96. The number of hydrogen-bond acceptors (Lipinski definition) is 3. The monoisotopic (exact) mass is 328 g/mol. The molecule has 0 spiro atoms. The number of benzene rings is 2. The van der Waals surface area contributed by atoms with Gasteiger partial charge in [-0.1, -0.05) is 66.7 Å². The van der Waals surface area contributed by atoms with Gasteiger partial charge in [0.1, 0.15) is 11.1 Å². The molecule has 1 heterocycles. The van der Waals surface area contributed by atoms with Crippen LogP contribution < -0.4 is 0 Å². The minimum Gasteiger partial charge on any atom is -0.235 e. The molecule has 0 saturated heterocycles. The van der Waals surface area contributed by atoms with Crippen LogP contribution in [0.3, 0.4) is 0 Å². The SMILES string of the molecule is CC(=C\c1ccccc1)/C=C(\C#N)c1nc(-c2ccccc2)cs1. The van der Waals surface area contributed by atoms with Gasteiger partial charge in [0.25, 0.3) is 0 Å². The second-order valence-electron chi connectivity index (χ2n) is 5.37. The molecule has 2 aromatic carbocycles. The van der Waals surface area contributed by atoms with E-state index in [4.69, 9.17) is 0 Å². The van der Waals surface area contributed by atoms with E-state index in [0.717, 1.165) is 27.4 Å². The number of hydrogen-bond donors (Lipinski definition) is 0. The Morgan fingerprint density at radius 2 is 1.71 bits per heavy atom. The molecule has 116 valence electrons. The van der Waals surface area contributed by atoms with Crippen molar-refractivity contribution < 1.29 is 0 Å². The zero-order valence-corrected chi connectivity index (χ0v) is 14.1. The van der Waals surface area contributed by atoms with Crippen LogP contribution >= 0.6 is 11.3 Å². The molecule has 0 aliphatic heterocycles. The Morgan fingerprint density at radius 1 is 1.04 bits per heavy atom. The predicted octanol–water partition coefficient (Wildman–Crippen LogP) is 5.82. The van der Waals surface area contributed by atoms with Gasteiger partial charge in [0.05, 0.1) is 11.3 Å². The number of allylic oxidation sites excluding steroid dienone is 3. The van der Waals surface area contributed by atoms with Crippen LogP contribution in [0.25, 0.3) is 22.9 Å². The fourth-order valence-electron chi connectivity index (χ4n) is 2.36. The Morgan fingerprint density at radius 3 is 2.38 bits per heavy atom. The molecule has 0 unspecified atom stereocenters. The lowest BCUT2D eigenvalue weighted by Crippen LogP contribution is -1.83. The topological polar surface area (TPSA) is 36.7 Å². The van der Waals surface area contributed by atoms with Crippen molar-refractivity contribution in [2.45, 2.75) is 6.92 Å². The number of thiazole rings is 1. The zero-order chi connectivity index (χ0) is 16.8. The number of nitrogens with zero attached hydrogens (tertiary/aromatic N) is 2. The van der Waals surface area contributed by atoms with E-state index < -0.39 is 0 Å². The molecule has 0 radical (unpaired) electrons. The van der Waals surface area contributed by atoms with Crippen LogP contribution in [0.15, 0.2) is 77.7 Å². The van der Waals surface area contributed by atoms with Crippen LogP contribution in [-0.4, -0.2) is 4.98 Å². The van der Waals surface area contributed by atoms with Crippen LogP contribution in [0.2, 0.25) is 0 Å². The summed E-state index contributed by atoms with van der Waals surface area (Å²) >= 11 is 1.50. The smallest absolute Gasteiger partial charge is 0.134 e. The average Bonchev–Trinajstić information content (AvgIpc) is 3.11. The first kappa shape index (κ1) is 15.9. The summed E-state index contributed by atoms with van der Waals surface area (Å²) in [6.07, 6.45) is 3.95. The Bertz CT molecular complexity index is 913. The molecule has 0 bridgehead atoms. The van der Waals surface area contributed by atoms with Crippen molar-refractivity contribution in [1.29, 1.82) is 5.26 Å². The van der Waals surface area contributed by atoms with Gasteiger partial charge in [-0.15, -0.1) is 11.3 Å². The first-order valence-electron chi connectivity index (χ1n) is 7.63. The van der Waals surface area contributed by atoms with Crippen LogP contribution in [0.4, 0.5) is 0 Å². The minimum atomic E-state index is 0.590. The Balaban J connectivity index is 1.88. The van der Waals surface area contributed by atoms with Crippen molar-refractivity contribution >= 4 is 23.0 Å². The highest BCUT2D eigenvalue weighted by atomic mass is 32.1. The van der Waals surface area contributed by atoms with Gasteiger partial charge in [-0.25, -0.2) is 4.98 Å². The molecule has 1 aromatic heterocycles. The summed E-state index contributed by atoms with van der Waals surface area (Å²) < 4.78 is 0. The standard InChI is InChI=1S/C21H16N2S/c1-16(12-17-8-4-2-5-9-17)13-19(14-22)21-23-20(15-24-21)18-10-6-3-7-11-18/h2-13,15H,1H3/b16-12+,19-13+. The Labute approximate surface area is 146 Å². The molecular formula is C21H16N2S. The summed E-state index contributed by atoms with van der Waals surface area (Å²) in [7, 11) is 0. The highest BCUT2D eigenvalue weighted by molar-refractivity contribution is 7.11. The van der Waals surface area contributed by atoms with Crippen LogP contribution in [0.5, 0.6) is 0 Å². The zero-order valence-electron chi connectivity index (χ0n) is 13.3. The summed E-state index contributed by atoms with van der Waals surface area (Å²) in [5.74, 6) is 0. The van der Waals surface area contributed by atoms with Gasteiger partial charge in [0.15, 0.2) is 0 Å². The normalized spacial score (nSPS) is 12.0. The van der Waals surface area contributed by atoms with Gasteiger partial charge >= 0.3 is 0 Å². The highest BCUT2D eigenvalue weighted by Crippen LogP contribution is 2.26. The van der Waals surface area contributed by atoms with Crippen molar-refractivity contribution in [2.75, 3.05) is 0 Å². The maximum absolute atomic E-state index is 9.50. The van der Waals surface area contributed by atoms with Gasteiger partial charge < -0.3 is 0 Å². The molecule has 2 nitrogen and oxygen atoms in total. The summed E-state index contributed by atoms with van der Waals surface area (Å²) in [4.78, 5) is 4.61. The van der Waals surface area contributed by atoms with Gasteiger partial charge in [-0.3, -0.25) is 0 Å². The predicted molar refractivity (Wildman–Crippen MR) is 101 cm³/mol. The van der Waals surface area contributed by atoms with Crippen molar-refractivity contribution in [1.82, 2.24) is 4.98 Å². The second kappa shape index (κ2) is 7.54. The molecule has 0 aliphatic rings. The van der Waals surface area contributed by atoms with Crippen LogP contribution in [-0.2, 0) is 0 Å². The van der Waals surface area contributed by atoms with E-state index in [1.54, 1.807) is 0 Å². The van der Waals surface area contributed by atoms with Crippen molar-refractivity contribution in [3.05, 3.63) is 88.3 Å². The molecule has 0 N–H and O–H groups in total. The first-order valence-corrected chi connectivity index (χ1v) is 8.51. The number of aromatic nitrogens is 1. The minimum absolute atomic E-state index is 0.590. The summed E-state index contributed by atoms with van der Waals surface area (Å²) in [6, 6.07) is 22.3. The molecular weight excluding hydrogens is 312 g/mol. The molecule has 0 aliphatic carbocycles. The quantitative estimate of drug-likeness (QED) is 0.447. The first-order chi connectivity index (χ1) is 11.8. The lowest BCUT2D eigenvalue weighted by atomic mass is 10.1. The maximum Gasteiger partial charge on any atom is 0.134 e. The third-order valence-electron chi connectivity index (χ3n) is 3.49. The van der Waals surface area contributed by atoms with E-state index in [2.05, 4.69) is 17.1 Å². The lowest BCUT2D eigenvalue weighted by Gasteiger charge is -1.97. The maximum atomic E-state index is 9.50. The molecule has 3 rings (SSSR count). The van der Waals surface area contributed by atoms with E-state index in [1.807, 2.05) is 79.0 Å². The summed E-state index contributed by atoms with van der Waals surface area (Å²) in [6.45, 7) is 2.00. The van der Waals surface area contributed by atoms with Crippen LogP contribution in [0, 0.1) is 11.3 Å². The van der Waals surface area contributed by atoms with E-state index in [1.165, 1.54) is 11.3 Å². The third kappa shape index (κ3) is 3.87. The fourth-order valence-corrected chi connectivity index (χ4v) is 3.16. The highest BCUT2D eigenvalue weighted by Gasteiger charge is 2.08. The van der Waals surface area contributed by atoms with Gasteiger partial charge in [0.2, 0.25) is 0 Å². The van der Waals surface area contributed by atoms with Gasteiger partial charge in [-0.2, -0.15) is 5.26 Å². The fraction of sp³-hybridized carbons (Fsp3) is 0.0476. The molecule has 24 heavy (non-hydrogen) atoms. The van der Waals surface area contributed by atoms with Crippen molar-refractivity contribution in [3.8, 4) is 17.3 Å². The molecule has 0 amide bonds. The average molecular weight is 328 g/mol. The van der Waals surface area contributed by atoms with Gasteiger partial charge in [0, 0.05) is 10.9 Å². The molecule has 3 aromatic rings. The molecule has 3 heteroatoms. The third-order valence-corrected chi connectivity index (χ3v) is 4.37. The number of nitriles is 1. The van der Waals surface area contributed by atoms with E-state index in [0.29, 0.717) is 5.57 Å². The van der Waals surface area contributed by atoms with Gasteiger partial charge in [-0.05, 0) is 24.1 Å². The number of rotatable bonds is 4. The summed E-state index contributed by atoms with van der Waals surface area (Å²) in [5, 5.41) is 12.2. The lowest BCUT2D eigenvalue weighted by molar-refractivity contribution is 1.36. The van der Waals surface area contributed by atoms with E-state index in [9.17, 15) is 5.26 Å². The molecule has 0 atom stereocenters. The van der Waals surface area contributed by atoms with E-state index >= 15 is 0 Å². The van der Waals surface area contributed by atoms with Crippen molar-refractivity contribution in [2.24, 2.45) is 0 Å². The Kier molecular flexibility index (Phi) is 5.00. The molecule has 0 fully saturated rings. The summed E-state index contributed by atoms with van der Waals surface area (Å²) in [5.41, 5.74) is 4.70. The van der Waals surface area contributed by atoms with E-state index in [-0.39, 0.29) is 0 Å². The molecule has 0 saturated carbocycles. The van der Waals surface area contributed by atoms with Crippen LogP contribution in [0.1, 0.15) is 17.5 Å². The second-order valence-corrected chi connectivity index (χ2v) is 6.23. The van der Waals surface area contributed by atoms with Crippen molar-refractivity contribution in [3.63, 3.8) is 0 Å². The largest absolute Gasteiger partial charge is 0.235 e.